The topological polar surface area (TPSA) is 9.72 Å². The minimum Gasteiger partial charge on any atom is -0.303 e. The highest BCUT2D eigenvalue weighted by atomic mass is 15.3. The van der Waals surface area contributed by atoms with Crippen molar-refractivity contribution in [2.45, 2.75) is 84.6 Å². The van der Waals surface area contributed by atoms with Crippen LogP contribution in [0.4, 0.5) is 0 Å². The van der Waals surface area contributed by atoms with Gasteiger partial charge in [-0.25, -0.2) is 0 Å². The fraction of sp³-hybridized carbons (Fsp3) is 1.00. The molecule has 0 aromatic carbocycles. The quantitative estimate of drug-likeness (QED) is 0.619. The summed E-state index contributed by atoms with van der Waals surface area (Å²) >= 11 is 0. The van der Waals surface area contributed by atoms with E-state index < -0.39 is 0 Å². The molecular formula is C24H45N3. The molecule has 4 rings (SSSR count). The second-order valence-corrected chi connectivity index (χ2v) is 11.2. The Labute approximate surface area is 168 Å². The largest absolute Gasteiger partial charge is 0.303 e. The Bertz CT molecular complexity index is 460. The van der Waals surface area contributed by atoms with Crippen molar-refractivity contribution in [2.75, 3.05) is 52.4 Å². The molecule has 0 radical (unpaired) electrons. The van der Waals surface area contributed by atoms with Gasteiger partial charge >= 0.3 is 0 Å². The fourth-order valence-electron chi connectivity index (χ4n) is 6.19. The Kier molecular flexibility index (Phi) is 6.21. The molecule has 0 bridgehead atoms. The third-order valence-corrected chi connectivity index (χ3v) is 8.39. The molecule has 0 N–H and O–H groups in total. The van der Waals surface area contributed by atoms with Crippen LogP contribution < -0.4 is 0 Å². The second-order valence-electron chi connectivity index (χ2n) is 11.2. The van der Waals surface area contributed by atoms with Gasteiger partial charge in [0.1, 0.15) is 0 Å². The van der Waals surface area contributed by atoms with Gasteiger partial charge in [-0.15, -0.1) is 0 Å². The van der Waals surface area contributed by atoms with Crippen LogP contribution in [-0.2, 0) is 0 Å². The highest BCUT2D eigenvalue weighted by Crippen LogP contribution is 2.51. The van der Waals surface area contributed by atoms with E-state index in [-0.39, 0.29) is 0 Å². The maximum absolute atomic E-state index is 2.86. The van der Waals surface area contributed by atoms with Gasteiger partial charge in [0.15, 0.2) is 0 Å². The molecule has 27 heavy (non-hydrogen) atoms. The van der Waals surface area contributed by atoms with Crippen molar-refractivity contribution in [2.24, 2.45) is 16.7 Å². The highest BCUT2D eigenvalue weighted by Gasteiger charge is 2.49. The van der Waals surface area contributed by atoms with Crippen LogP contribution in [0.15, 0.2) is 0 Å². The molecule has 0 amide bonds. The molecule has 0 atom stereocenters. The van der Waals surface area contributed by atoms with Crippen molar-refractivity contribution < 1.29 is 0 Å². The SMILES string of the molecule is CCCC1(CN2CCC3(CC2)CN(C2CCN(CCC(C)C)CC2)C3)CC1. The summed E-state index contributed by atoms with van der Waals surface area (Å²) < 4.78 is 0. The van der Waals surface area contributed by atoms with Gasteiger partial charge in [-0.2, -0.15) is 0 Å². The summed E-state index contributed by atoms with van der Waals surface area (Å²) in [4.78, 5) is 8.40. The predicted molar refractivity (Wildman–Crippen MR) is 115 cm³/mol. The van der Waals surface area contributed by atoms with Crippen LogP contribution >= 0.6 is 0 Å². The molecule has 3 nitrogen and oxygen atoms in total. The van der Waals surface area contributed by atoms with Gasteiger partial charge < -0.3 is 9.80 Å². The molecule has 0 aromatic heterocycles. The molecule has 1 spiro atoms. The number of rotatable bonds is 8. The van der Waals surface area contributed by atoms with Crippen LogP contribution in [0.2, 0.25) is 0 Å². The van der Waals surface area contributed by atoms with E-state index in [2.05, 4.69) is 35.5 Å². The number of likely N-dealkylation sites (tertiary alicyclic amines) is 3. The van der Waals surface area contributed by atoms with Crippen LogP contribution in [0, 0.1) is 16.7 Å². The van der Waals surface area contributed by atoms with Crippen molar-refractivity contribution in [1.82, 2.24) is 14.7 Å². The fourth-order valence-corrected chi connectivity index (χ4v) is 6.19. The minimum atomic E-state index is 0.701. The number of piperidine rings is 2. The zero-order valence-electron chi connectivity index (χ0n) is 18.5. The molecule has 3 heterocycles. The van der Waals surface area contributed by atoms with E-state index in [1.165, 1.54) is 110 Å². The van der Waals surface area contributed by atoms with Crippen molar-refractivity contribution in [3.63, 3.8) is 0 Å². The summed E-state index contributed by atoms with van der Waals surface area (Å²) in [6.45, 7) is 18.1. The third-order valence-electron chi connectivity index (χ3n) is 8.39. The summed E-state index contributed by atoms with van der Waals surface area (Å²) in [5.74, 6) is 0.848. The summed E-state index contributed by atoms with van der Waals surface area (Å²) in [6, 6.07) is 0.892. The van der Waals surface area contributed by atoms with Crippen LogP contribution in [0.3, 0.4) is 0 Å². The molecule has 1 aliphatic carbocycles. The molecule has 156 valence electrons. The Morgan fingerprint density at radius 3 is 2.11 bits per heavy atom. The lowest BCUT2D eigenvalue weighted by molar-refractivity contribution is -0.0819. The molecule has 4 aliphatic rings. The molecule has 3 aliphatic heterocycles. The predicted octanol–water partition coefficient (Wildman–Crippen LogP) is 4.48. The summed E-state index contributed by atoms with van der Waals surface area (Å²) in [7, 11) is 0. The van der Waals surface area contributed by atoms with E-state index in [4.69, 9.17) is 0 Å². The Balaban J connectivity index is 1.14. The summed E-state index contributed by atoms with van der Waals surface area (Å²) in [5.41, 5.74) is 1.45. The zero-order chi connectivity index (χ0) is 18.9. The Hall–Kier alpha value is -0.120. The lowest BCUT2D eigenvalue weighted by Crippen LogP contribution is -2.64. The van der Waals surface area contributed by atoms with Crippen molar-refractivity contribution in [3.8, 4) is 0 Å². The lowest BCUT2D eigenvalue weighted by Gasteiger charge is -2.57. The molecular weight excluding hydrogens is 330 g/mol. The minimum absolute atomic E-state index is 0.701. The van der Waals surface area contributed by atoms with Gasteiger partial charge in [-0.3, -0.25) is 4.90 Å². The number of hydrogen-bond acceptors (Lipinski definition) is 3. The molecule has 3 heteroatoms. The van der Waals surface area contributed by atoms with E-state index >= 15 is 0 Å². The molecule has 4 fully saturated rings. The average molecular weight is 376 g/mol. The van der Waals surface area contributed by atoms with E-state index in [9.17, 15) is 0 Å². The summed E-state index contributed by atoms with van der Waals surface area (Å²) in [6.07, 6.45) is 13.0. The van der Waals surface area contributed by atoms with Gasteiger partial charge in [-0.1, -0.05) is 27.2 Å². The zero-order valence-corrected chi connectivity index (χ0v) is 18.5. The van der Waals surface area contributed by atoms with E-state index in [0.717, 1.165) is 17.4 Å². The Morgan fingerprint density at radius 1 is 0.889 bits per heavy atom. The Morgan fingerprint density at radius 2 is 1.56 bits per heavy atom. The molecule has 1 saturated carbocycles. The molecule has 0 aromatic rings. The van der Waals surface area contributed by atoms with Crippen LogP contribution in [0.1, 0.15) is 78.6 Å². The van der Waals surface area contributed by atoms with Crippen LogP contribution in [0.25, 0.3) is 0 Å². The van der Waals surface area contributed by atoms with E-state index in [1.807, 2.05) is 0 Å². The second kappa shape index (κ2) is 8.32. The van der Waals surface area contributed by atoms with Gasteiger partial charge in [0.05, 0.1) is 0 Å². The normalized spacial score (nSPS) is 29.3. The van der Waals surface area contributed by atoms with Gasteiger partial charge in [0.2, 0.25) is 0 Å². The van der Waals surface area contributed by atoms with Gasteiger partial charge in [0, 0.05) is 25.7 Å². The van der Waals surface area contributed by atoms with Gasteiger partial charge in [-0.05, 0) is 101 Å². The maximum Gasteiger partial charge on any atom is 0.0120 e. The van der Waals surface area contributed by atoms with E-state index in [0.29, 0.717) is 5.41 Å². The number of nitrogens with zero attached hydrogens (tertiary/aromatic N) is 3. The van der Waals surface area contributed by atoms with Crippen molar-refractivity contribution >= 4 is 0 Å². The third kappa shape index (κ3) is 4.90. The lowest BCUT2D eigenvalue weighted by atomic mass is 9.70. The monoisotopic (exact) mass is 375 g/mol. The first kappa shape index (κ1) is 20.2. The van der Waals surface area contributed by atoms with Crippen molar-refractivity contribution in [1.29, 1.82) is 0 Å². The molecule has 3 saturated heterocycles. The highest BCUT2D eigenvalue weighted by molar-refractivity contribution is 5.03. The maximum atomic E-state index is 2.86. The number of hydrogen-bond donors (Lipinski definition) is 0. The first-order valence-electron chi connectivity index (χ1n) is 12.2. The van der Waals surface area contributed by atoms with E-state index in [1.54, 1.807) is 0 Å². The summed E-state index contributed by atoms with van der Waals surface area (Å²) in [5, 5.41) is 0. The smallest absolute Gasteiger partial charge is 0.0120 e. The standard InChI is InChI=1S/C24H45N3/c1-4-8-23(9-10-23)18-26-16-11-24(12-17-26)19-27(20-24)22-6-14-25(15-7-22)13-5-21(2)3/h21-22H,4-20H2,1-3H3. The average Bonchev–Trinajstić information content (AvgIpc) is 3.39. The first-order valence-corrected chi connectivity index (χ1v) is 12.2. The molecule has 0 unspecified atom stereocenters. The van der Waals surface area contributed by atoms with Crippen LogP contribution in [0.5, 0.6) is 0 Å². The van der Waals surface area contributed by atoms with Gasteiger partial charge in [0.25, 0.3) is 0 Å². The first-order chi connectivity index (χ1) is 13.0. The van der Waals surface area contributed by atoms with Crippen molar-refractivity contribution in [3.05, 3.63) is 0 Å². The van der Waals surface area contributed by atoms with Crippen LogP contribution in [-0.4, -0.2) is 73.1 Å².